The maximum Gasteiger partial charge on any atom is 0.150 e. The number of carbonyl (C=O) groups is 1. The van der Waals surface area contributed by atoms with Gasteiger partial charge in [-0.05, 0) is 18.1 Å². The zero-order valence-electron chi connectivity index (χ0n) is 10.3. The van der Waals surface area contributed by atoms with E-state index in [-0.39, 0.29) is 6.10 Å². The molecule has 0 aliphatic rings. The van der Waals surface area contributed by atoms with Gasteiger partial charge in [0.1, 0.15) is 6.29 Å². The van der Waals surface area contributed by atoms with Crippen molar-refractivity contribution in [2.45, 2.75) is 38.7 Å². The quantitative estimate of drug-likeness (QED) is 0.577. The molecule has 0 saturated carbocycles. The van der Waals surface area contributed by atoms with Crippen LogP contribution >= 0.6 is 0 Å². The van der Waals surface area contributed by atoms with Crippen molar-refractivity contribution < 1.29 is 9.90 Å². The summed E-state index contributed by atoms with van der Waals surface area (Å²) in [4.78, 5) is 10.6. The van der Waals surface area contributed by atoms with Crippen LogP contribution in [0.2, 0.25) is 0 Å². The summed E-state index contributed by atoms with van der Waals surface area (Å²) in [5.41, 5.74) is 1.61. The van der Waals surface area contributed by atoms with Gasteiger partial charge in [-0.15, -0.1) is 0 Å². The van der Waals surface area contributed by atoms with E-state index < -0.39 is 0 Å². The second-order valence-corrected chi connectivity index (χ2v) is 4.21. The van der Waals surface area contributed by atoms with Crippen LogP contribution in [0.5, 0.6) is 0 Å². The van der Waals surface area contributed by atoms with Gasteiger partial charge in [-0.2, -0.15) is 0 Å². The summed E-state index contributed by atoms with van der Waals surface area (Å²) >= 11 is 0. The van der Waals surface area contributed by atoms with Gasteiger partial charge in [-0.3, -0.25) is 4.79 Å². The van der Waals surface area contributed by atoms with Gasteiger partial charge < -0.3 is 5.11 Å². The number of hydrogen-bond donors (Lipinski definition) is 1. The number of rotatable bonds is 7. The molecule has 0 spiro atoms. The number of benzene rings is 1. The lowest BCUT2D eigenvalue weighted by Gasteiger charge is -2.04. The lowest BCUT2D eigenvalue weighted by molar-refractivity contribution is 0.112. The van der Waals surface area contributed by atoms with Crippen molar-refractivity contribution in [3.63, 3.8) is 0 Å². The summed E-state index contributed by atoms with van der Waals surface area (Å²) in [6.07, 6.45) is 8.27. The highest BCUT2D eigenvalue weighted by molar-refractivity contribution is 5.76. The molecule has 2 nitrogen and oxygen atoms in total. The summed E-state index contributed by atoms with van der Waals surface area (Å²) in [6.45, 7) is 2.15. The van der Waals surface area contributed by atoms with Gasteiger partial charge in [-0.1, -0.05) is 56.5 Å². The number of hydrogen-bond acceptors (Lipinski definition) is 2. The topological polar surface area (TPSA) is 37.3 Å². The predicted molar refractivity (Wildman–Crippen MR) is 71.0 cm³/mol. The number of aliphatic hydroxyl groups excluding tert-OH is 1. The maximum atomic E-state index is 10.6. The Balaban J connectivity index is 2.48. The molecule has 0 heterocycles. The van der Waals surface area contributed by atoms with E-state index >= 15 is 0 Å². The van der Waals surface area contributed by atoms with Crippen molar-refractivity contribution in [1.82, 2.24) is 0 Å². The third-order valence-electron chi connectivity index (χ3n) is 2.66. The Morgan fingerprint density at radius 1 is 1.29 bits per heavy atom. The second kappa shape index (κ2) is 7.80. The lowest BCUT2D eigenvalue weighted by Crippen LogP contribution is -2.01. The Morgan fingerprint density at radius 2 is 2.06 bits per heavy atom. The fourth-order valence-electron chi connectivity index (χ4n) is 1.66. The van der Waals surface area contributed by atoms with Crippen molar-refractivity contribution in [3.8, 4) is 0 Å². The number of unbranched alkanes of at least 4 members (excludes halogenated alkanes) is 2. The Morgan fingerprint density at radius 3 is 2.76 bits per heavy atom. The van der Waals surface area contributed by atoms with Gasteiger partial charge >= 0.3 is 0 Å². The summed E-state index contributed by atoms with van der Waals surface area (Å²) < 4.78 is 0. The van der Waals surface area contributed by atoms with E-state index in [1.807, 2.05) is 24.3 Å². The molecular weight excluding hydrogens is 212 g/mol. The highest BCUT2D eigenvalue weighted by Crippen LogP contribution is 2.09. The molecule has 1 aromatic rings. The van der Waals surface area contributed by atoms with Crippen molar-refractivity contribution in [3.05, 3.63) is 41.5 Å². The summed E-state index contributed by atoms with van der Waals surface area (Å²) in [7, 11) is 0. The van der Waals surface area contributed by atoms with Gasteiger partial charge in [0.05, 0.1) is 6.10 Å². The van der Waals surface area contributed by atoms with Crippen LogP contribution in [0, 0.1) is 0 Å². The molecule has 0 bridgehead atoms. The first-order valence-corrected chi connectivity index (χ1v) is 6.17. The molecule has 1 aromatic carbocycles. The van der Waals surface area contributed by atoms with Crippen LogP contribution in [0.3, 0.4) is 0 Å². The largest absolute Gasteiger partial charge is 0.389 e. The number of carbonyl (C=O) groups excluding carboxylic acids is 1. The average Bonchev–Trinajstić information content (AvgIpc) is 2.37. The van der Waals surface area contributed by atoms with Gasteiger partial charge in [0.15, 0.2) is 0 Å². The van der Waals surface area contributed by atoms with Crippen molar-refractivity contribution in [2.24, 2.45) is 0 Å². The molecule has 2 heteroatoms. The SMILES string of the molecule is CCCCCC(O)/C=C/c1cccc(C=O)c1. The van der Waals surface area contributed by atoms with Gasteiger partial charge in [0.2, 0.25) is 0 Å². The molecule has 0 aromatic heterocycles. The van der Waals surface area contributed by atoms with E-state index in [1.54, 1.807) is 12.1 Å². The van der Waals surface area contributed by atoms with Crippen LogP contribution in [-0.2, 0) is 0 Å². The van der Waals surface area contributed by atoms with E-state index in [1.165, 1.54) is 0 Å². The number of aliphatic hydroxyl groups is 1. The molecule has 0 radical (unpaired) electrons. The molecule has 0 aliphatic carbocycles. The Hall–Kier alpha value is -1.41. The van der Waals surface area contributed by atoms with Crippen molar-refractivity contribution in [2.75, 3.05) is 0 Å². The normalized spacial score (nSPS) is 12.8. The molecule has 92 valence electrons. The van der Waals surface area contributed by atoms with Gasteiger partial charge in [-0.25, -0.2) is 0 Å². The Kier molecular flexibility index (Phi) is 6.26. The van der Waals surface area contributed by atoms with E-state index in [0.717, 1.165) is 37.5 Å². The van der Waals surface area contributed by atoms with E-state index in [4.69, 9.17) is 0 Å². The van der Waals surface area contributed by atoms with Gasteiger partial charge in [0, 0.05) is 5.56 Å². The third kappa shape index (κ3) is 5.45. The summed E-state index contributed by atoms with van der Waals surface area (Å²) in [5.74, 6) is 0. The lowest BCUT2D eigenvalue weighted by atomic mass is 10.1. The minimum atomic E-state index is -0.388. The van der Waals surface area contributed by atoms with E-state index in [2.05, 4.69) is 6.92 Å². The molecule has 1 unspecified atom stereocenters. The first-order chi connectivity index (χ1) is 8.26. The minimum Gasteiger partial charge on any atom is -0.389 e. The van der Waals surface area contributed by atoms with Crippen molar-refractivity contribution in [1.29, 1.82) is 0 Å². The van der Waals surface area contributed by atoms with Crippen LogP contribution < -0.4 is 0 Å². The highest BCUT2D eigenvalue weighted by atomic mass is 16.3. The molecule has 0 fully saturated rings. The van der Waals surface area contributed by atoms with Crippen molar-refractivity contribution >= 4 is 12.4 Å². The van der Waals surface area contributed by atoms with Crippen LogP contribution in [0.1, 0.15) is 48.5 Å². The number of aldehydes is 1. The molecule has 1 N–H and O–H groups in total. The summed E-state index contributed by atoms with van der Waals surface area (Å²) in [6, 6.07) is 7.33. The van der Waals surface area contributed by atoms with E-state index in [9.17, 15) is 9.90 Å². The molecule has 1 rings (SSSR count). The second-order valence-electron chi connectivity index (χ2n) is 4.21. The maximum absolute atomic E-state index is 10.6. The first kappa shape index (κ1) is 13.7. The third-order valence-corrected chi connectivity index (χ3v) is 2.66. The fourth-order valence-corrected chi connectivity index (χ4v) is 1.66. The molecule has 0 saturated heterocycles. The molecule has 0 aliphatic heterocycles. The first-order valence-electron chi connectivity index (χ1n) is 6.17. The molecule has 17 heavy (non-hydrogen) atoms. The monoisotopic (exact) mass is 232 g/mol. The smallest absolute Gasteiger partial charge is 0.150 e. The Labute approximate surface area is 103 Å². The van der Waals surface area contributed by atoms with Crippen LogP contribution in [0.15, 0.2) is 30.3 Å². The van der Waals surface area contributed by atoms with Crippen LogP contribution in [0.25, 0.3) is 6.08 Å². The van der Waals surface area contributed by atoms with E-state index in [0.29, 0.717) is 5.56 Å². The standard InChI is InChI=1S/C15H20O2/c1-2-3-4-8-15(17)10-9-13-6-5-7-14(11-13)12-16/h5-7,9-12,15,17H,2-4,8H2,1H3/b10-9+. The average molecular weight is 232 g/mol. The predicted octanol–water partition coefficient (Wildman–Crippen LogP) is 3.45. The highest BCUT2D eigenvalue weighted by Gasteiger charge is 1.98. The zero-order valence-corrected chi connectivity index (χ0v) is 10.3. The molecular formula is C15H20O2. The zero-order chi connectivity index (χ0) is 12.5. The van der Waals surface area contributed by atoms with Gasteiger partial charge in [0.25, 0.3) is 0 Å². The molecule has 1 atom stereocenters. The molecule has 0 amide bonds. The summed E-state index contributed by atoms with van der Waals surface area (Å²) in [5, 5.41) is 9.71. The van der Waals surface area contributed by atoms with Crippen LogP contribution in [-0.4, -0.2) is 17.5 Å². The minimum absolute atomic E-state index is 0.388. The Bertz CT molecular complexity index is 369. The van der Waals surface area contributed by atoms with Crippen LogP contribution in [0.4, 0.5) is 0 Å². The fraction of sp³-hybridized carbons (Fsp3) is 0.400.